The number of carbonyl (C=O) groups is 3. The number of benzene rings is 3. The Hall–Kier alpha value is -5.24. The number of anilines is 3. The van der Waals surface area contributed by atoms with Gasteiger partial charge in [-0.15, -0.1) is 11.3 Å². The van der Waals surface area contributed by atoms with Crippen molar-refractivity contribution in [3.63, 3.8) is 0 Å². The molecule has 3 aromatic carbocycles. The number of halogens is 3. The zero-order chi connectivity index (χ0) is 38.1. The fourth-order valence-electron chi connectivity index (χ4n) is 7.32. The fourth-order valence-corrected chi connectivity index (χ4v) is 8.46. The minimum atomic E-state index is -0.899. The number of ether oxygens (including phenoxy) is 1. The summed E-state index contributed by atoms with van der Waals surface area (Å²) in [6.07, 6.45) is 5.85. The largest absolute Gasteiger partial charge is 0.402 e. The van der Waals surface area contributed by atoms with E-state index >= 15 is 0 Å². The van der Waals surface area contributed by atoms with Crippen molar-refractivity contribution in [2.45, 2.75) is 39.2 Å². The Bertz CT molecular complexity index is 2140. The molecule has 0 aliphatic carbocycles. The number of thiophene rings is 1. The van der Waals surface area contributed by atoms with Crippen LogP contribution < -0.4 is 21.3 Å². The second-order valence-corrected chi connectivity index (χ2v) is 15.2. The van der Waals surface area contributed by atoms with Crippen molar-refractivity contribution in [3.05, 3.63) is 124 Å². The van der Waals surface area contributed by atoms with Gasteiger partial charge in [-0.25, -0.2) is 13.2 Å². The number of nitrogens with zero attached hydrogens (tertiary/aromatic N) is 2. The van der Waals surface area contributed by atoms with Gasteiger partial charge in [0.15, 0.2) is 0 Å². The number of nitrogens with one attached hydrogen (secondary N) is 2. The van der Waals surface area contributed by atoms with E-state index in [0.717, 1.165) is 68.2 Å². The van der Waals surface area contributed by atoms with Gasteiger partial charge in [0, 0.05) is 77.3 Å². The molecule has 54 heavy (non-hydrogen) atoms. The molecule has 4 heterocycles. The van der Waals surface area contributed by atoms with E-state index in [-0.39, 0.29) is 34.7 Å². The average Bonchev–Trinajstić information content (AvgIpc) is 3.50. The van der Waals surface area contributed by atoms with Crippen LogP contribution in [0, 0.1) is 22.9 Å². The summed E-state index contributed by atoms with van der Waals surface area (Å²) in [4.78, 5) is 45.4. The van der Waals surface area contributed by atoms with Crippen LogP contribution >= 0.6 is 11.3 Å². The molecule has 2 saturated heterocycles. The molecule has 2 fully saturated rings. The molecule has 0 saturated carbocycles. The van der Waals surface area contributed by atoms with E-state index in [1.165, 1.54) is 23.1 Å². The standard InChI is InChI=1S/C41H40F3N5O4S/c1-24(45)6-12-30(25(2)48-22-41(23-48)15-18-53-19-16-41)38(50)46-29-10-7-26(8-11-29)40(52)49-17-14-27-20-35(39(51)47-36-32(43)4-3-5-33(36)44)54-37(27)31-13-9-28(42)21-34(31)49/h3-13,20-21,25H,14-19,22-23,45H2,1-2H3,(H,46,50)(H,47,51)/b24-6-,30-12+. The smallest absolute Gasteiger partial charge is 0.265 e. The van der Waals surface area contributed by atoms with Crippen LogP contribution in [0.2, 0.25) is 0 Å². The third-order valence-corrected chi connectivity index (χ3v) is 11.6. The van der Waals surface area contributed by atoms with Crippen LogP contribution in [0.5, 0.6) is 0 Å². The maximum atomic E-state index is 14.7. The van der Waals surface area contributed by atoms with Gasteiger partial charge in [-0.2, -0.15) is 0 Å². The van der Waals surface area contributed by atoms with Crippen LogP contribution in [0.4, 0.5) is 30.2 Å². The lowest BCUT2D eigenvalue weighted by atomic mass is 9.72. The number of rotatable bonds is 8. The van der Waals surface area contributed by atoms with Crippen LogP contribution in [0.1, 0.15) is 52.3 Å². The lowest BCUT2D eigenvalue weighted by molar-refractivity contribution is -0.116. The molecular weight excluding hydrogens is 716 g/mol. The van der Waals surface area contributed by atoms with E-state index in [0.29, 0.717) is 45.1 Å². The minimum Gasteiger partial charge on any atom is -0.402 e. The van der Waals surface area contributed by atoms with Gasteiger partial charge < -0.3 is 26.0 Å². The van der Waals surface area contributed by atoms with Gasteiger partial charge in [-0.3, -0.25) is 19.3 Å². The first-order chi connectivity index (χ1) is 25.9. The summed E-state index contributed by atoms with van der Waals surface area (Å²) in [5.74, 6) is -3.68. The van der Waals surface area contributed by atoms with Gasteiger partial charge in [0.2, 0.25) is 0 Å². The number of nitrogens with two attached hydrogens (primary N) is 1. The highest BCUT2D eigenvalue weighted by atomic mass is 32.1. The van der Waals surface area contributed by atoms with Crippen molar-refractivity contribution >= 4 is 46.1 Å². The number of likely N-dealkylation sites (tertiary alicyclic amines) is 1. The number of allylic oxidation sites excluding steroid dienone is 3. The third-order valence-electron chi connectivity index (χ3n) is 10.4. The van der Waals surface area contributed by atoms with Crippen molar-refractivity contribution in [1.29, 1.82) is 0 Å². The molecule has 3 aliphatic rings. The van der Waals surface area contributed by atoms with E-state index in [1.54, 1.807) is 55.5 Å². The lowest BCUT2D eigenvalue weighted by Crippen LogP contribution is -2.61. The van der Waals surface area contributed by atoms with Crippen LogP contribution in [-0.2, 0) is 16.0 Å². The number of hydrogen-bond donors (Lipinski definition) is 3. The Morgan fingerprint density at radius 2 is 1.65 bits per heavy atom. The highest BCUT2D eigenvalue weighted by Crippen LogP contribution is 2.43. The molecule has 1 aromatic heterocycles. The molecule has 7 rings (SSSR count). The molecule has 0 bridgehead atoms. The summed E-state index contributed by atoms with van der Waals surface area (Å²) >= 11 is 1.09. The van der Waals surface area contributed by atoms with Crippen LogP contribution in [0.25, 0.3) is 10.4 Å². The zero-order valence-electron chi connectivity index (χ0n) is 29.9. The first-order valence-electron chi connectivity index (χ1n) is 17.8. The zero-order valence-corrected chi connectivity index (χ0v) is 30.7. The van der Waals surface area contributed by atoms with Gasteiger partial charge >= 0.3 is 0 Å². The molecule has 1 atom stereocenters. The van der Waals surface area contributed by atoms with Gasteiger partial charge in [-0.05, 0) is 105 Å². The predicted octanol–water partition coefficient (Wildman–Crippen LogP) is 7.52. The van der Waals surface area contributed by atoms with Crippen molar-refractivity contribution in [1.82, 2.24) is 4.90 Å². The van der Waals surface area contributed by atoms with Crippen LogP contribution in [0.15, 0.2) is 90.2 Å². The first kappa shape index (κ1) is 37.1. The molecule has 4 N–H and O–H groups in total. The topological polar surface area (TPSA) is 117 Å². The van der Waals surface area contributed by atoms with Crippen LogP contribution in [-0.4, -0.2) is 61.5 Å². The summed E-state index contributed by atoms with van der Waals surface area (Å²) < 4.78 is 48.7. The molecule has 3 aliphatic heterocycles. The summed E-state index contributed by atoms with van der Waals surface area (Å²) in [6.45, 7) is 7.27. The Kier molecular flexibility index (Phi) is 10.5. The molecule has 13 heteroatoms. The quantitative estimate of drug-likeness (QED) is 0.127. The maximum Gasteiger partial charge on any atom is 0.265 e. The Balaban J connectivity index is 1.07. The number of amides is 3. The Morgan fingerprint density at radius 3 is 2.33 bits per heavy atom. The maximum absolute atomic E-state index is 14.7. The third kappa shape index (κ3) is 7.57. The highest BCUT2D eigenvalue weighted by molar-refractivity contribution is 7.17. The fraction of sp³-hybridized carbons (Fsp3) is 0.293. The van der Waals surface area contributed by atoms with Gasteiger partial charge in [0.05, 0.1) is 10.6 Å². The minimum absolute atomic E-state index is 0.151. The van der Waals surface area contributed by atoms with Crippen molar-refractivity contribution in [3.8, 4) is 10.4 Å². The second kappa shape index (κ2) is 15.2. The molecular formula is C41H40F3N5O4S. The van der Waals surface area contributed by atoms with Crippen LogP contribution in [0.3, 0.4) is 0 Å². The molecule has 280 valence electrons. The van der Waals surface area contributed by atoms with Crippen molar-refractivity contribution in [2.24, 2.45) is 11.1 Å². The van der Waals surface area contributed by atoms with E-state index < -0.39 is 29.0 Å². The summed E-state index contributed by atoms with van der Waals surface area (Å²) in [7, 11) is 0. The molecule has 0 radical (unpaired) electrons. The average molecular weight is 756 g/mol. The van der Waals surface area contributed by atoms with Crippen molar-refractivity contribution < 1.29 is 32.3 Å². The van der Waals surface area contributed by atoms with Gasteiger partial charge in [-0.1, -0.05) is 12.1 Å². The van der Waals surface area contributed by atoms with Gasteiger partial charge in [0.1, 0.15) is 23.1 Å². The molecule has 4 aromatic rings. The number of carbonyl (C=O) groups excluding carboxylic acids is 3. The normalized spacial score (nSPS) is 17.5. The lowest BCUT2D eigenvalue weighted by Gasteiger charge is -2.54. The highest BCUT2D eigenvalue weighted by Gasteiger charge is 2.46. The molecule has 1 spiro atoms. The van der Waals surface area contributed by atoms with E-state index in [9.17, 15) is 27.6 Å². The first-order valence-corrected chi connectivity index (χ1v) is 18.6. The Labute approximate surface area is 315 Å². The molecule has 3 amide bonds. The van der Waals surface area contributed by atoms with E-state index in [2.05, 4.69) is 15.5 Å². The molecule has 9 nitrogen and oxygen atoms in total. The number of hydrogen-bond acceptors (Lipinski definition) is 7. The monoisotopic (exact) mass is 755 g/mol. The number of para-hydroxylation sites is 1. The SMILES string of the molecule is C/C(N)=C/C=C(/C(=O)Nc1ccc(C(=O)N2CCc3cc(C(=O)Nc4c(F)cccc4F)sc3-c3ccc(F)cc32)cc1)C(C)N1CC2(CCOCC2)C1. The van der Waals surface area contributed by atoms with Crippen molar-refractivity contribution in [2.75, 3.05) is 48.4 Å². The molecule has 1 unspecified atom stereocenters. The summed E-state index contributed by atoms with van der Waals surface area (Å²) in [6, 6.07) is 15.4. The van der Waals surface area contributed by atoms with E-state index in [4.69, 9.17) is 10.5 Å². The van der Waals surface area contributed by atoms with Gasteiger partial charge in [0.25, 0.3) is 17.7 Å². The Morgan fingerprint density at radius 1 is 0.944 bits per heavy atom. The second-order valence-electron chi connectivity index (χ2n) is 14.1. The summed E-state index contributed by atoms with van der Waals surface area (Å²) in [5.41, 5.74) is 9.19. The van der Waals surface area contributed by atoms with E-state index in [1.807, 2.05) is 6.92 Å². The predicted molar refractivity (Wildman–Crippen MR) is 204 cm³/mol. The summed E-state index contributed by atoms with van der Waals surface area (Å²) in [5, 5.41) is 5.29. The number of fused-ring (bicyclic) bond motifs is 3.